The minimum absolute atomic E-state index is 0.0209. The third-order valence-corrected chi connectivity index (χ3v) is 3.54. The zero-order valence-corrected chi connectivity index (χ0v) is 12.8. The van der Waals surface area contributed by atoms with E-state index >= 15 is 0 Å². The molecule has 2 rings (SSSR count). The summed E-state index contributed by atoms with van der Waals surface area (Å²) in [4.78, 5) is 19.1. The standard InChI is InChI=1S/C16H22N2O3/c1-4-18(16(19)11-20-3)10-14-9-15(17-21-14)13-7-5-12(2)6-8-13/h5-8,14H,4,9-11H2,1-3H3. The van der Waals surface area contributed by atoms with E-state index in [0.717, 1.165) is 17.7 Å². The van der Waals surface area contributed by atoms with Crippen molar-refractivity contribution in [2.24, 2.45) is 5.16 Å². The molecular weight excluding hydrogens is 268 g/mol. The van der Waals surface area contributed by atoms with E-state index in [1.54, 1.807) is 4.90 Å². The highest BCUT2D eigenvalue weighted by Gasteiger charge is 2.25. The Kier molecular flexibility index (Phi) is 5.33. The molecule has 0 saturated carbocycles. The summed E-state index contributed by atoms with van der Waals surface area (Å²) in [6, 6.07) is 8.22. The van der Waals surface area contributed by atoms with Crippen LogP contribution in [0, 0.1) is 6.92 Å². The summed E-state index contributed by atoms with van der Waals surface area (Å²) in [5, 5.41) is 4.16. The van der Waals surface area contributed by atoms with Crippen molar-refractivity contribution in [3.05, 3.63) is 35.4 Å². The lowest BCUT2D eigenvalue weighted by atomic mass is 10.0. The van der Waals surface area contributed by atoms with Gasteiger partial charge < -0.3 is 14.5 Å². The molecule has 5 heteroatoms. The van der Waals surface area contributed by atoms with E-state index in [4.69, 9.17) is 9.57 Å². The number of ether oxygens (including phenoxy) is 1. The molecule has 0 N–H and O–H groups in total. The molecule has 0 bridgehead atoms. The maximum absolute atomic E-state index is 11.9. The molecule has 5 nitrogen and oxygen atoms in total. The Morgan fingerprint density at radius 2 is 2.14 bits per heavy atom. The van der Waals surface area contributed by atoms with E-state index in [2.05, 4.69) is 24.2 Å². The number of hydrogen-bond donors (Lipinski definition) is 0. The van der Waals surface area contributed by atoms with Gasteiger partial charge in [0.05, 0.1) is 12.3 Å². The number of nitrogens with zero attached hydrogens (tertiary/aromatic N) is 2. The summed E-state index contributed by atoms with van der Waals surface area (Å²) in [6.07, 6.45) is 0.641. The van der Waals surface area contributed by atoms with Crippen LogP contribution in [0.25, 0.3) is 0 Å². The SMILES string of the molecule is CCN(CC1CC(c2ccc(C)cc2)=NO1)C(=O)COC. The molecule has 1 aliphatic heterocycles. The number of amides is 1. The topological polar surface area (TPSA) is 51.1 Å². The summed E-state index contributed by atoms with van der Waals surface area (Å²) in [6.45, 7) is 5.29. The van der Waals surface area contributed by atoms with Crippen LogP contribution in [0.15, 0.2) is 29.4 Å². The van der Waals surface area contributed by atoms with Gasteiger partial charge in [-0.05, 0) is 19.4 Å². The summed E-state index contributed by atoms with van der Waals surface area (Å²) < 4.78 is 4.89. The second-order valence-corrected chi connectivity index (χ2v) is 5.20. The van der Waals surface area contributed by atoms with Crippen LogP contribution in [0.1, 0.15) is 24.5 Å². The Labute approximate surface area is 125 Å². The molecule has 0 saturated heterocycles. The number of likely N-dealkylation sites (N-methyl/N-ethyl adjacent to an activating group) is 1. The largest absolute Gasteiger partial charge is 0.390 e. The number of oxime groups is 1. The van der Waals surface area contributed by atoms with Crippen molar-refractivity contribution < 1.29 is 14.4 Å². The van der Waals surface area contributed by atoms with Gasteiger partial charge in [0.25, 0.3) is 0 Å². The van der Waals surface area contributed by atoms with Gasteiger partial charge in [0.1, 0.15) is 6.61 Å². The molecule has 0 aliphatic carbocycles. The van der Waals surface area contributed by atoms with Crippen molar-refractivity contribution in [3.8, 4) is 0 Å². The molecule has 1 aliphatic rings. The number of carbonyl (C=O) groups is 1. The molecular formula is C16H22N2O3. The van der Waals surface area contributed by atoms with Crippen molar-refractivity contribution in [1.82, 2.24) is 4.90 Å². The molecule has 0 fully saturated rings. The zero-order valence-electron chi connectivity index (χ0n) is 12.8. The van der Waals surface area contributed by atoms with Crippen LogP contribution < -0.4 is 0 Å². The van der Waals surface area contributed by atoms with Gasteiger partial charge in [0.2, 0.25) is 5.91 Å². The summed E-state index contributed by atoms with van der Waals surface area (Å²) in [7, 11) is 1.52. The first-order chi connectivity index (χ1) is 10.1. The fraction of sp³-hybridized carbons (Fsp3) is 0.500. The third kappa shape index (κ3) is 4.04. The minimum Gasteiger partial charge on any atom is -0.390 e. The van der Waals surface area contributed by atoms with Gasteiger partial charge >= 0.3 is 0 Å². The van der Waals surface area contributed by atoms with E-state index < -0.39 is 0 Å². The Morgan fingerprint density at radius 3 is 2.76 bits per heavy atom. The van der Waals surface area contributed by atoms with Gasteiger partial charge in [-0.2, -0.15) is 0 Å². The predicted molar refractivity (Wildman–Crippen MR) is 81.3 cm³/mol. The predicted octanol–water partition coefficient (Wildman–Crippen LogP) is 1.98. The van der Waals surface area contributed by atoms with Crippen LogP contribution in [0.5, 0.6) is 0 Å². The van der Waals surface area contributed by atoms with Crippen LogP contribution in [0.4, 0.5) is 0 Å². The molecule has 1 aromatic carbocycles. The molecule has 21 heavy (non-hydrogen) atoms. The van der Waals surface area contributed by atoms with E-state index in [1.807, 2.05) is 19.1 Å². The van der Waals surface area contributed by atoms with Gasteiger partial charge in [-0.1, -0.05) is 35.0 Å². The average molecular weight is 290 g/mol. The number of methoxy groups -OCH3 is 1. The molecule has 0 spiro atoms. The minimum atomic E-state index is -0.0814. The highest BCUT2D eigenvalue weighted by atomic mass is 16.6. The van der Waals surface area contributed by atoms with Crippen LogP contribution in [-0.2, 0) is 14.4 Å². The van der Waals surface area contributed by atoms with E-state index in [9.17, 15) is 4.79 Å². The summed E-state index contributed by atoms with van der Waals surface area (Å²) >= 11 is 0. The van der Waals surface area contributed by atoms with Crippen molar-refractivity contribution >= 4 is 11.6 Å². The van der Waals surface area contributed by atoms with Crippen LogP contribution in [0.2, 0.25) is 0 Å². The number of carbonyl (C=O) groups excluding carboxylic acids is 1. The molecule has 1 amide bonds. The van der Waals surface area contributed by atoms with Gasteiger partial charge in [-0.15, -0.1) is 0 Å². The van der Waals surface area contributed by atoms with E-state index in [-0.39, 0.29) is 18.6 Å². The van der Waals surface area contributed by atoms with Gasteiger partial charge in [0, 0.05) is 20.1 Å². The van der Waals surface area contributed by atoms with Crippen LogP contribution in [0.3, 0.4) is 0 Å². The van der Waals surface area contributed by atoms with Gasteiger partial charge in [-0.3, -0.25) is 4.79 Å². The maximum Gasteiger partial charge on any atom is 0.248 e. The monoisotopic (exact) mass is 290 g/mol. The molecule has 1 aromatic rings. The smallest absolute Gasteiger partial charge is 0.248 e. The number of hydrogen-bond acceptors (Lipinski definition) is 4. The first-order valence-electron chi connectivity index (χ1n) is 7.20. The first-order valence-corrected chi connectivity index (χ1v) is 7.20. The van der Waals surface area contributed by atoms with Gasteiger partial charge in [0.15, 0.2) is 6.10 Å². The highest BCUT2D eigenvalue weighted by molar-refractivity contribution is 6.01. The number of rotatable bonds is 6. The quantitative estimate of drug-likeness (QED) is 0.805. The van der Waals surface area contributed by atoms with Gasteiger partial charge in [-0.25, -0.2) is 0 Å². The van der Waals surface area contributed by atoms with Crippen molar-refractivity contribution in [1.29, 1.82) is 0 Å². The molecule has 1 unspecified atom stereocenters. The van der Waals surface area contributed by atoms with Crippen molar-refractivity contribution in [2.45, 2.75) is 26.4 Å². The Balaban J connectivity index is 1.91. The van der Waals surface area contributed by atoms with Crippen LogP contribution in [-0.4, -0.2) is 49.4 Å². The first kappa shape index (κ1) is 15.5. The summed E-state index contributed by atoms with van der Waals surface area (Å²) in [5.74, 6) is -0.0209. The summed E-state index contributed by atoms with van der Waals surface area (Å²) in [5.41, 5.74) is 3.24. The Morgan fingerprint density at radius 1 is 1.43 bits per heavy atom. The third-order valence-electron chi connectivity index (χ3n) is 3.54. The van der Waals surface area contributed by atoms with Crippen LogP contribution >= 0.6 is 0 Å². The van der Waals surface area contributed by atoms with E-state index in [1.165, 1.54) is 12.7 Å². The number of benzene rings is 1. The molecule has 114 valence electrons. The highest BCUT2D eigenvalue weighted by Crippen LogP contribution is 2.18. The second kappa shape index (κ2) is 7.22. The van der Waals surface area contributed by atoms with Crippen molar-refractivity contribution in [3.63, 3.8) is 0 Å². The Hall–Kier alpha value is -1.88. The maximum atomic E-state index is 11.9. The fourth-order valence-corrected chi connectivity index (χ4v) is 2.31. The average Bonchev–Trinajstić information content (AvgIpc) is 2.94. The lowest BCUT2D eigenvalue weighted by Crippen LogP contribution is -2.39. The Bertz CT molecular complexity index is 511. The molecule has 1 atom stereocenters. The molecule has 1 heterocycles. The molecule has 0 radical (unpaired) electrons. The lowest BCUT2D eigenvalue weighted by Gasteiger charge is -2.22. The van der Waals surface area contributed by atoms with Crippen molar-refractivity contribution in [2.75, 3.05) is 26.8 Å². The number of aryl methyl sites for hydroxylation is 1. The normalized spacial score (nSPS) is 17.3. The fourth-order valence-electron chi connectivity index (χ4n) is 2.31. The second-order valence-electron chi connectivity index (χ2n) is 5.20. The zero-order chi connectivity index (χ0) is 15.2. The van der Waals surface area contributed by atoms with E-state index in [0.29, 0.717) is 13.1 Å². The lowest BCUT2D eigenvalue weighted by molar-refractivity contribution is -0.136. The molecule has 0 aromatic heterocycles.